The Balaban J connectivity index is 2.43. The summed E-state index contributed by atoms with van der Waals surface area (Å²) in [5.74, 6) is 0.723. The van der Waals surface area contributed by atoms with Gasteiger partial charge in [-0.2, -0.15) is 0 Å². The third-order valence-corrected chi connectivity index (χ3v) is 3.54. The van der Waals surface area contributed by atoms with Crippen molar-refractivity contribution in [2.45, 2.75) is 20.0 Å². The molecule has 0 saturated carbocycles. The third-order valence-electron chi connectivity index (χ3n) is 3.54. The van der Waals surface area contributed by atoms with Crippen molar-refractivity contribution in [2.24, 2.45) is 0 Å². The van der Waals surface area contributed by atoms with Crippen LogP contribution in [0, 0.1) is 0 Å². The first-order valence-corrected chi connectivity index (χ1v) is 7.11. The molecule has 0 aliphatic heterocycles. The highest BCUT2D eigenvalue weighted by atomic mass is 16.2. The molecule has 0 saturated heterocycles. The molecule has 1 aromatic carbocycles. The Morgan fingerprint density at radius 2 is 1.95 bits per heavy atom. The topological polar surface area (TPSA) is 84.7 Å². The number of hydrogen-bond acceptors (Lipinski definition) is 4. The van der Waals surface area contributed by atoms with Crippen molar-refractivity contribution in [3.8, 4) is 5.69 Å². The summed E-state index contributed by atoms with van der Waals surface area (Å²) in [4.78, 5) is 31.4. The fourth-order valence-corrected chi connectivity index (χ4v) is 2.62. The van der Waals surface area contributed by atoms with Crippen LogP contribution in [-0.2, 0) is 13.1 Å². The molecule has 0 atom stereocenters. The van der Waals surface area contributed by atoms with Gasteiger partial charge in [0, 0.05) is 6.54 Å². The van der Waals surface area contributed by atoms with E-state index in [1.165, 1.54) is 4.57 Å². The molecule has 3 rings (SSSR count). The molecule has 114 valence electrons. The van der Waals surface area contributed by atoms with Gasteiger partial charge in [-0.05, 0) is 26.1 Å². The molecule has 7 nitrogen and oxygen atoms in total. The number of aryl methyl sites for hydroxylation is 1. The molecule has 0 fully saturated rings. The molecule has 0 unspecified atom stereocenters. The van der Waals surface area contributed by atoms with Crippen molar-refractivity contribution in [3.05, 3.63) is 57.0 Å². The molecule has 2 N–H and O–H groups in total. The number of aromatic nitrogens is 4. The lowest BCUT2D eigenvalue weighted by Crippen LogP contribution is -2.30. The summed E-state index contributed by atoms with van der Waals surface area (Å²) in [5, 5.41) is 3.03. The van der Waals surface area contributed by atoms with Crippen molar-refractivity contribution in [1.29, 1.82) is 0 Å². The molecule has 0 spiro atoms. The first kappa shape index (κ1) is 14.3. The van der Waals surface area contributed by atoms with Crippen LogP contribution in [0.3, 0.4) is 0 Å². The molecule has 22 heavy (non-hydrogen) atoms. The average molecular weight is 299 g/mol. The lowest BCUT2D eigenvalue weighted by molar-refractivity contribution is 0.669. The molecule has 7 heteroatoms. The van der Waals surface area contributed by atoms with Crippen LogP contribution in [0.4, 0.5) is 0 Å². The van der Waals surface area contributed by atoms with Gasteiger partial charge in [0.1, 0.15) is 5.82 Å². The number of rotatable bonds is 4. The van der Waals surface area contributed by atoms with E-state index in [1.54, 1.807) is 0 Å². The highest BCUT2D eigenvalue weighted by Gasteiger charge is 2.17. The summed E-state index contributed by atoms with van der Waals surface area (Å²) in [6.45, 7) is 3.06. The number of para-hydroxylation sites is 1. The quantitative estimate of drug-likeness (QED) is 0.739. The number of nitrogens with zero attached hydrogens (tertiary/aromatic N) is 3. The zero-order valence-corrected chi connectivity index (χ0v) is 12.5. The molecule has 2 aromatic heterocycles. The smallest absolute Gasteiger partial charge is 0.321 e. The summed E-state index contributed by atoms with van der Waals surface area (Å²) < 4.78 is 3.26. The van der Waals surface area contributed by atoms with Crippen molar-refractivity contribution in [3.63, 3.8) is 0 Å². The van der Waals surface area contributed by atoms with Crippen LogP contribution in [0.15, 0.2) is 39.9 Å². The van der Waals surface area contributed by atoms with Gasteiger partial charge in [-0.15, -0.1) is 0 Å². The maximum Gasteiger partial charge on any atom is 0.334 e. The maximum atomic E-state index is 12.3. The molecular formula is C15H17N5O2. The molecule has 3 aromatic rings. The van der Waals surface area contributed by atoms with Gasteiger partial charge in [0.2, 0.25) is 0 Å². The van der Waals surface area contributed by atoms with E-state index < -0.39 is 11.2 Å². The van der Waals surface area contributed by atoms with Crippen molar-refractivity contribution in [1.82, 2.24) is 24.4 Å². The zero-order valence-electron chi connectivity index (χ0n) is 12.5. The first-order chi connectivity index (χ1) is 10.7. The number of H-pyrrole nitrogens is 1. The molecule has 2 heterocycles. The van der Waals surface area contributed by atoms with Gasteiger partial charge >= 0.3 is 5.69 Å². The lowest BCUT2D eigenvalue weighted by Gasteiger charge is -2.06. The minimum Gasteiger partial charge on any atom is -0.321 e. The van der Waals surface area contributed by atoms with Gasteiger partial charge in [-0.25, -0.2) is 14.3 Å². The first-order valence-electron chi connectivity index (χ1n) is 7.11. The van der Waals surface area contributed by atoms with E-state index in [-0.39, 0.29) is 0 Å². The van der Waals surface area contributed by atoms with E-state index in [9.17, 15) is 9.59 Å². The predicted molar refractivity (Wildman–Crippen MR) is 84.4 cm³/mol. The Hall–Kier alpha value is -2.67. The van der Waals surface area contributed by atoms with E-state index >= 15 is 0 Å². The van der Waals surface area contributed by atoms with Crippen molar-refractivity contribution >= 4 is 11.2 Å². The summed E-state index contributed by atoms with van der Waals surface area (Å²) >= 11 is 0. The normalized spacial score (nSPS) is 11.2. The van der Waals surface area contributed by atoms with Crippen LogP contribution in [0.5, 0.6) is 0 Å². The van der Waals surface area contributed by atoms with Crippen LogP contribution in [0.25, 0.3) is 16.9 Å². The maximum absolute atomic E-state index is 12.3. The Morgan fingerprint density at radius 1 is 1.23 bits per heavy atom. The van der Waals surface area contributed by atoms with Crippen molar-refractivity contribution < 1.29 is 0 Å². The van der Waals surface area contributed by atoms with Gasteiger partial charge in [-0.1, -0.05) is 18.2 Å². The van der Waals surface area contributed by atoms with Crippen LogP contribution in [0.1, 0.15) is 12.7 Å². The molecule has 0 aliphatic rings. The van der Waals surface area contributed by atoms with Gasteiger partial charge in [0.15, 0.2) is 11.2 Å². The van der Waals surface area contributed by atoms with Crippen LogP contribution in [0.2, 0.25) is 0 Å². The summed E-state index contributed by atoms with van der Waals surface area (Å²) in [6.07, 6.45) is 0. The lowest BCUT2D eigenvalue weighted by atomic mass is 10.3. The summed E-state index contributed by atoms with van der Waals surface area (Å²) in [6, 6.07) is 9.16. The van der Waals surface area contributed by atoms with E-state index in [0.29, 0.717) is 29.9 Å². The fourth-order valence-electron chi connectivity index (χ4n) is 2.62. The number of hydrogen-bond donors (Lipinski definition) is 2. The molecule has 0 aliphatic carbocycles. The highest BCUT2D eigenvalue weighted by molar-refractivity contribution is 5.73. The van der Waals surface area contributed by atoms with Gasteiger partial charge in [0.25, 0.3) is 5.56 Å². The number of fused-ring (bicyclic) bond motifs is 1. The second-order valence-corrected chi connectivity index (χ2v) is 4.91. The second kappa shape index (κ2) is 5.61. The zero-order chi connectivity index (χ0) is 15.7. The van der Waals surface area contributed by atoms with Gasteiger partial charge in [-0.3, -0.25) is 9.78 Å². The predicted octanol–water partition coefficient (Wildman–Crippen LogP) is 0.615. The minimum atomic E-state index is -0.486. The van der Waals surface area contributed by atoms with Gasteiger partial charge < -0.3 is 9.88 Å². The Morgan fingerprint density at radius 3 is 2.59 bits per heavy atom. The van der Waals surface area contributed by atoms with Crippen molar-refractivity contribution in [2.75, 3.05) is 7.05 Å². The van der Waals surface area contributed by atoms with Crippen LogP contribution < -0.4 is 16.6 Å². The Labute approximate surface area is 126 Å². The SMILES string of the molecule is CCn1c(CNC)nc2c1c(=O)[nH]c(=O)n2-c1ccccc1. The molecule has 0 radical (unpaired) electrons. The van der Waals surface area contributed by atoms with Crippen LogP contribution in [-0.4, -0.2) is 26.1 Å². The standard InChI is InChI=1S/C15H17N5O2/c1-3-19-11(9-16-2)17-13-12(19)14(21)18-15(22)20(13)10-7-5-4-6-8-10/h4-8,16H,3,9H2,1-2H3,(H,18,21,22). The van der Waals surface area contributed by atoms with Gasteiger partial charge in [0.05, 0.1) is 12.2 Å². The largest absolute Gasteiger partial charge is 0.334 e. The van der Waals surface area contributed by atoms with E-state index in [2.05, 4.69) is 15.3 Å². The summed E-state index contributed by atoms with van der Waals surface area (Å²) in [7, 11) is 1.81. The number of nitrogens with one attached hydrogen (secondary N) is 2. The number of aromatic amines is 1. The number of imidazole rings is 1. The Kier molecular flexibility index (Phi) is 3.64. The molecule has 0 amide bonds. The van der Waals surface area contributed by atoms with E-state index in [4.69, 9.17) is 0 Å². The molecular weight excluding hydrogens is 282 g/mol. The third kappa shape index (κ3) is 2.15. The number of benzene rings is 1. The van der Waals surface area contributed by atoms with E-state index in [1.807, 2.05) is 48.9 Å². The van der Waals surface area contributed by atoms with E-state index in [0.717, 1.165) is 5.82 Å². The monoisotopic (exact) mass is 299 g/mol. The highest BCUT2D eigenvalue weighted by Crippen LogP contribution is 2.15. The fraction of sp³-hybridized carbons (Fsp3) is 0.267. The molecule has 0 bridgehead atoms. The summed E-state index contributed by atoms with van der Waals surface area (Å²) in [5.41, 5.74) is 0.568. The van der Waals surface area contributed by atoms with Crippen LogP contribution >= 0.6 is 0 Å². The second-order valence-electron chi connectivity index (χ2n) is 4.91. The minimum absolute atomic E-state index is 0.382. The average Bonchev–Trinajstić information content (AvgIpc) is 2.87. The Bertz CT molecular complexity index is 921.